The third kappa shape index (κ3) is 52.7. The molecule has 2 fully saturated rings. The molecule has 0 aromatic heterocycles. The first-order chi connectivity index (χ1) is 5.39. The lowest BCUT2D eigenvalue weighted by Crippen LogP contribution is -1.89. The molecular formula is C5H12O6S. The minimum Gasteiger partial charge on any atom is -0.377 e. The summed E-state index contributed by atoms with van der Waals surface area (Å²) in [4.78, 5) is 0. The van der Waals surface area contributed by atoms with E-state index in [4.69, 9.17) is 22.3 Å². The lowest BCUT2D eigenvalue weighted by Gasteiger charge is -1.68. The van der Waals surface area contributed by atoms with Crippen LogP contribution in [0.4, 0.5) is 0 Å². The van der Waals surface area contributed by atoms with Gasteiger partial charge in [-0.15, -0.1) is 0 Å². The van der Waals surface area contributed by atoms with Crippen LogP contribution in [0, 0.1) is 0 Å². The van der Waals surface area contributed by atoms with E-state index in [1.54, 1.807) is 0 Å². The van der Waals surface area contributed by atoms with Crippen molar-refractivity contribution < 1.29 is 27.0 Å². The summed E-state index contributed by atoms with van der Waals surface area (Å²) in [5.41, 5.74) is 0. The van der Waals surface area contributed by atoms with Crippen molar-refractivity contribution in [3.05, 3.63) is 0 Å². The minimum absolute atomic E-state index is 0.583. The summed E-state index contributed by atoms with van der Waals surface area (Å²) in [5.74, 6) is 0. The molecule has 2 saturated heterocycles. The predicted octanol–water partition coefficient (Wildman–Crippen LogP) is -0.231. The van der Waals surface area contributed by atoms with E-state index in [0.29, 0.717) is 6.10 Å². The number of ether oxygens (including phenoxy) is 2. The Bertz CT molecular complexity index is 181. The van der Waals surface area contributed by atoms with Crippen molar-refractivity contribution in [2.75, 3.05) is 19.8 Å². The third-order valence-electron chi connectivity index (χ3n) is 0.704. The van der Waals surface area contributed by atoms with Gasteiger partial charge in [-0.2, -0.15) is 8.42 Å². The van der Waals surface area contributed by atoms with Gasteiger partial charge in [-0.3, -0.25) is 9.11 Å². The van der Waals surface area contributed by atoms with Crippen LogP contribution < -0.4 is 0 Å². The zero-order valence-electron chi connectivity index (χ0n) is 6.63. The van der Waals surface area contributed by atoms with E-state index in [9.17, 15) is 0 Å². The lowest BCUT2D eigenvalue weighted by molar-refractivity contribution is 0.381. The summed E-state index contributed by atoms with van der Waals surface area (Å²) in [7, 11) is -4.67. The van der Waals surface area contributed by atoms with Crippen LogP contribution >= 0.6 is 0 Å². The van der Waals surface area contributed by atoms with E-state index in [0.717, 1.165) is 19.8 Å². The van der Waals surface area contributed by atoms with Gasteiger partial charge >= 0.3 is 10.4 Å². The summed E-state index contributed by atoms with van der Waals surface area (Å²) < 4.78 is 40.8. The van der Waals surface area contributed by atoms with Crippen molar-refractivity contribution in [3.63, 3.8) is 0 Å². The number of epoxide rings is 2. The van der Waals surface area contributed by atoms with E-state index in [-0.39, 0.29) is 0 Å². The molecule has 7 heteroatoms. The molecule has 0 saturated carbocycles. The molecule has 2 aliphatic rings. The molecule has 2 heterocycles. The molecule has 2 N–H and O–H groups in total. The van der Waals surface area contributed by atoms with Gasteiger partial charge in [-0.25, -0.2) is 0 Å². The molecule has 0 aromatic rings. The van der Waals surface area contributed by atoms with Crippen molar-refractivity contribution >= 4 is 10.4 Å². The fourth-order valence-electron chi connectivity index (χ4n) is 0.0962. The van der Waals surface area contributed by atoms with Crippen LogP contribution in [0.1, 0.15) is 6.92 Å². The maximum absolute atomic E-state index is 8.74. The standard InChI is InChI=1S/C3H6O.C2H4O.H2O4S/c1-3-2-4-3;1-2-3-1;1-5(2,3)4/h3H,2H2,1H3;1-2H2;(H2,1,2,3,4). The molecule has 0 spiro atoms. The minimum atomic E-state index is -4.67. The first-order valence-corrected chi connectivity index (χ1v) is 4.68. The molecule has 0 bridgehead atoms. The highest BCUT2D eigenvalue weighted by atomic mass is 32.3. The fourth-order valence-corrected chi connectivity index (χ4v) is 0.0962. The maximum atomic E-state index is 8.74. The van der Waals surface area contributed by atoms with Crippen LogP contribution in [0.3, 0.4) is 0 Å². The Balaban J connectivity index is 0.000000155. The Hall–Kier alpha value is -0.210. The molecule has 0 aromatic carbocycles. The smallest absolute Gasteiger partial charge is 0.377 e. The molecule has 0 amide bonds. The molecule has 2 rings (SSSR count). The fraction of sp³-hybridized carbons (Fsp3) is 1.00. The summed E-state index contributed by atoms with van der Waals surface area (Å²) in [6.45, 7) is 5.04. The van der Waals surface area contributed by atoms with E-state index < -0.39 is 10.4 Å². The van der Waals surface area contributed by atoms with Gasteiger partial charge in [-0.1, -0.05) is 0 Å². The summed E-state index contributed by atoms with van der Waals surface area (Å²) in [5, 5.41) is 0. The van der Waals surface area contributed by atoms with Crippen LogP contribution in [0.2, 0.25) is 0 Å². The maximum Gasteiger partial charge on any atom is 0.394 e. The highest BCUT2D eigenvalue weighted by Gasteiger charge is 2.13. The molecule has 1 unspecified atom stereocenters. The van der Waals surface area contributed by atoms with Crippen LogP contribution in [0.15, 0.2) is 0 Å². The monoisotopic (exact) mass is 200 g/mol. The second kappa shape index (κ2) is 5.44. The molecule has 6 nitrogen and oxygen atoms in total. The Labute approximate surface area is 71.1 Å². The second-order valence-corrected chi connectivity index (χ2v) is 3.10. The van der Waals surface area contributed by atoms with Gasteiger partial charge in [0, 0.05) is 0 Å². The van der Waals surface area contributed by atoms with Crippen molar-refractivity contribution in [2.45, 2.75) is 13.0 Å². The van der Waals surface area contributed by atoms with E-state index in [1.165, 1.54) is 0 Å². The highest BCUT2D eigenvalue weighted by molar-refractivity contribution is 7.79. The van der Waals surface area contributed by atoms with Crippen molar-refractivity contribution in [1.29, 1.82) is 0 Å². The summed E-state index contributed by atoms with van der Waals surface area (Å²) in [6.07, 6.45) is 0.583. The number of hydrogen-bond donors (Lipinski definition) is 2. The molecule has 2 aliphatic heterocycles. The van der Waals surface area contributed by atoms with Gasteiger partial charge in [-0.05, 0) is 6.92 Å². The van der Waals surface area contributed by atoms with Gasteiger partial charge in [0.2, 0.25) is 0 Å². The summed E-state index contributed by atoms with van der Waals surface area (Å²) >= 11 is 0. The Kier molecular flexibility index (Phi) is 5.34. The van der Waals surface area contributed by atoms with E-state index in [1.807, 2.05) is 0 Å². The third-order valence-corrected chi connectivity index (χ3v) is 0.704. The SMILES string of the molecule is C1CO1.CC1CO1.O=S(=O)(O)O. The van der Waals surface area contributed by atoms with Crippen molar-refractivity contribution in [3.8, 4) is 0 Å². The predicted molar refractivity (Wildman–Crippen MR) is 40.4 cm³/mol. The van der Waals surface area contributed by atoms with Crippen molar-refractivity contribution in [2.24, 2.45) is 0 Å². The van der Waals surface area contributed by atoms with Gasteiger partial charge in [0.25, 0.3) is 0 Å². The van der Waals surface area contributed by atoms with Gasteiger partial charge in [0.15, 0.2) is 0 Å². The van der Waals surface area contributed by atoms with Crippen LogP contribution in [0.5, 0.6) is 0 Å². The Morgan fingerprint density at radius 2 is 1.50 bits per heavy atom. The van der Waals surface area contributed by atoms with Crippen LogP contribution in [-0.4, -0.2) is 43.4 Å². The van der Waals surface area contributed by atoms with Crippen LogP contribution in [0.25, 0.3) is 0 Å². The topological polar surface area (TPSA) is 99.7 Å². The zero-order chi connectivity index (χ0) is 9.61. The molecule has 1 atom stereocenters. The zero-order valence-corrected chi connectivity index (χ0v) is 7.45. The second-order valence-electron chi connectivity index (χ2n) is 2.20. The van der Waals surface area contributed by atoms with Gasteiger partial charge in [0.05, 0.1) is 25.9 Å². The molecule has 74 valence electrons. The van der Waals surface area contributed by atoms with Gasteiger partial charge < -0.3 is 9.47 Å². The number of rotatable bonds is 0. The number of hydrogen-bond acceptors (Lipinski definition) is 4. The van der Waals surface area contributed by atoms with E-state index >= 15 is 0 Å². The average molecular weight is 200 g/mol. The van der Waals surface area contributed by atoms with Crippen LogP contribution in [-0.2, 0) is 19.9 Å². The highest BCUT2D eigenvalue weighted by Crippen LogP contribution is 2.04. The molecule has 0 radical (unpaired) electrons. The first kappa shape index (κ1) is 11.8. The molecule has 0 aliphatic carbocycles. The summed E-state index contributed by atoms with van der Waals surface area (Å²) in [6, 6.07) is 0. The largest absolute Gasteiger partial charge is 0.394 e. The Morgan fingerprint density at radius 1 is 1.33 bits per heavy atom. The molecular weight excluding hydrogens is 188 g/mol. The van der Waals surface area contributed by atoms with E-state index in [2.05, 4.69) is 11.7 Å². The molecule has 12 heavy (non-hydrogen) atoms. The Morgan fingerprint density at radius 3 is 1.50 bits per heavy atom. The lowest BCUT2D eigenvalue weighted by atomic mass is 10.6. The van der Waals surface area contributed by atoms with Crippen molar-refractivity contribution in [1.82, 2.24) is 0 Å². The van der Waals surface area contributed by atoms with Gasteiger partial charge in [0.1, 0.15) is 0 Å². The normalized spacial score (nSPS) is 24.1. The first-order valence-electron chi connectivity index (χ1n) is 3.29. The quantitative estimate of drug-likeness (QED) is 0.414. The average Bonchev–Trinajstić information content (AvgIpc) is 2.54.